The van der Waals surface area contributed by atoms with E-state index in [0.29, 0.717) is 22.8 Å². The molecule has 0 atom stereocenters. The third-order valence-electron chi connectivity index (χ3n) is 3.08. The van der Waals surface area contributed by atoms with Crippen molar-refractivity contribution >= 4 is 22.7 Å². The van der Waals surface area contributed by atoms with Crippen LogP contribution in [-0.4, -0.2) is 11.6 Å². The van der Waals surface area contributed by atoms with Gasteiger partial charge in [0, 0.05) is 10.3 Å². The fraction of sp³-hybridized carbons (Fsp3) is 0.118. The van der Waals surface area contributed by atoms with Gasteiger partial charge < -0.3 is 9.72 Å². The fourth-order valence-electron chi connectivity index (χ4n) is 2.14. The fourth-order valence-corrected chi connectivity index (χ4v) is 3.07. The van der Waals surface area contributed by atoms with E-state index < -0.39 is 0 Å². The van der Waals surface area contributed by atoms with Crippen LogP contribution in [0.2, 0.25) is 0 Å². The quantitative estimate of drug-likeness (QED) is 0.789. The molecular weight excluding hydrogens is 282 g/mol. The lowest BCUT2D eigenvalue weighted by molar-refractivity contribution is 0.319. The maximum atomic E-state index is 12.7. The molecule has 1 N–H and O–H groups in total. The molecule has 0 aliphatic carbocycles. The molecule has 0 unspecified atom stereocenters. The van der Waals surface area contributed by atoms with Crippen LogP contribution in [0.3, 0.4) is 0 Å². The molecule has 0 aliphatic rings. The number of pyridine rings is 1. The van der Waals surface area contributed by atoms with Crippen LogP contribution in [0.5, 0.6) is 5.88 Å². The summed E-state index contributed by atoms with van der Waals surface area (Å²) in [5.74, 6) is 0.537. The van der Waals surface area contributed by atoms with Gasteiger partial charge in [0.15, 0.2) is 0 Å². The number of hydrogen-bond acceptors (Lipinski definition) is 3. The molecule has 0 saturated carbocycles. The molecule has 0 bridgehead atoms. The van der Waals surface area contributed by atoms with Crippen molar-refractivity contribution in [2.24, 2.45) is 0 Å². The monoisotopic (exact) mass is 297 g/mol. The number of benzene rings is 2. The normalized spacial score (nSPS) is 10.7. The van der Waals surface area contributed by atoms with E-state index in [0.717, 1.165) is 10.4 Å². The van der Waals surface area contributed by atoms with E-state index in [1.165, 1.54) is 11.8 Å². The van der Waals surface area contributed by atoms with E-state index in [1.807, 2.05) is 61.5 Å². The highest BCUT2D eigenvalue weighted by Gasteiger charge is 2.14. The predicted molar refractivity (Wildman–Crippen MR) is 86.3 cm³/mol. The summed E-state index contributed by atoms with van der Waals surface area (Å²) in [5.41, 5.74) is 0.796. The van der Waals surface area contributed by atoms with Gasteiger partial charge in [-0.3, -0.25) is 4.79 Å². The van der Waals surface area contributed by atoms with E-state index >= 15 is 0 Å². The molecule has 0 spiro atoms. The summed E-state index contributed by atoms with van der Waals surface area (Å²) in [4.78, 5) is 17.5. The summed E-state index contributed by atoms with van der Waals surface area (Å²) < 4.78 is 5.62. The second kappa shape index (κ2) is 6.06. The smallest absolute Gasteiger partial charge is 0.209 e. The minimum atomic E-state index is 0.00153. The van der Waals surface area contributed by atoms with Crippen molar-refractivity contribution in [3.8, 4) is 5.88 Å². The molecule has 106 valence electrons. The lowest BCUT2D eigenvalue weighted by Gasteiger charge is -2.11. The number of H-pyrrole nitrogens is 1. The van der Waals surface area contributed by atoms with Gasteiger partial charge in [-0.25, -0.2) is 0 Å². The average molecular weight is 297 g/mol. The first-order valence-electron chi connectivity index (χ1n) is 6.80. The molecule has 21 heavy (non-hydrogen) atoms. The third-order valence-corrected chi connectivity index (χ3v) is 4.17. The molecule has 1 heterocycles. The Morgan fingerprint density at radius 2 is 1.76 bits per heavy atom. The van der Waals surface area contributed by atoms with Crippen LogP contribution in [0, 0.1) is 0 Å². The summed E-state index contributed by atoms with van der Waals surface area (Å²) in [6.07, 6.45) is 0. The number of ether oxygens (including phenoxy) is 1. The molecule has 0 aliphatic heterocycles. The van der Waals surface area contributed by atoms with Crippen molar-refractivity contribution in [2.75, 3.05) is 6.61 Å². The van der Waals surface area contributed by atoms with Gasteiger partial charge in [0.2, 0.25) is 11.3 Å². The topological polar surface area (TPSA) is 42.1 Å². The highest BCUT2D eigenvalue weighted by Crippen LogP contribution is 2.32. The standard InChI is InChI=1S/C17H15NO2S/c1-2-20-17-16(21-12-8-4-3-5-9-12)15(19)13-10-6-7-11-14(13)18-17/h3-11H,2H2,1H3,(H,18,19). The molecule has 4 heteroatoms. The third kappa shape index (κ3) is 2.81. The second-order valence-corrected chi connectivity index (χ2v) is 5.59. The minimum absolute atomic E-state index is 0.00153. The summed E-state index contributed by atoms with van der Waals surface area (Å²) in [5, 5.41) is 0.680. The molecule has 3 rings (SSSR count). The lowest BCUT2D eigenvalue weighted by Crippen LogP contribution is -2.09. The average Bonchev–Trinajstić information content (AvgIpc) is 2.52. The predicted octanol–water partition coefficient (Wildman–Crippen LogP) is 4.08. The molecule has 0 amide bonds. The molecule has 1 aromatic heterocycles. The number of para-hydroxylation sites is 1. The summed E-state index contributed by atoms with van der Waals surface area (Å²) in [7, 11) is 0. The Kier molecular flexibility index (Phi) is 3.97. The van der Waals surface area contributed by atoms with Crippen LogP contribution < -0.4 is 10.2 Å². The van der Waals surface area contributed by atoms with Gasteiger partial charge >= 0.3 is 0 Å². The van der Waals surface area contributed by atoms with Crippen LogP contribution in [0.4, 0.5) is 0 Å². The molecule has 3 nitrogen and oxygen atoms in total. The van der Waals surface area contributed by atoms with Crippen LogP contribution in [0.25, 0.3) is 10.9 Å². The summed E-state index contributed by atoms with van der Waals surface area (Å²) in [6.45, 7) is 2.42. The van der Waals surface area contributed by atoms with Gasteiger partial charge in [-0.2, -0.15) is 0 Å². The number of fused-ring (bicyclic) bond motifs is 1. The number of hydrogen-bond donors (Lipinski definition) is 1. The number of rotatable bonds is 4. The van der Waals surface area contributed by atoms with E-state index in [9.17, 15) is 4.79 Å². The van der Waals surface area contributed by atoms with Crippen molar-refractivity contribution in [2.45, 2.75) is 16.7 Å². The molecule has 0 saturated heterocycles. The first-order chi connectivity index (χ1) is 10.3. The van der Waals surface area contributed by atoms with E-state index in [4.69, 9.17) is 4.74 Å². The van der Waals surface area contributed by atoms with Gasteiger partial charge in [0.05, 0.1) is 12.1 Å². The van der Waals surface area contributed by atoms with Gasteiger partial charge in [-0.15, -0.1) is 0 Å². The summed E-state index contributed by atoms with van der Waals surface area (Å²) in [6, 6.07) is 17.3. The van der Waals surface area contributed by atoms with Crippen molar-refractivity contribution < 1.29 is 4.74 Å². The van der Waals surface area contributed by atoms with Gasteiger partial charge in [-0.1, -0.05) is 42.1 Å². The minimum Gasteiger partial charge on any atom is -0.478 e. The van der Waals surface area contributed by atoms with Crippen molar-refractivity contribution in [1.82, 2.24) is 4.98 Å². The van der Waals surface area contributed by atoms with Crippen LogP contribution >= 0.6 is 11.8 Å². The first-order valence-corrected chi connectivity index (χ1v) is 7.62. The Balaban J connectivity index is 2.17. The molecular formula is C17H15NO2S. The summed E-state index contributed by atoms with van der Waals surface area (Å²) >= 11 is 1.43. The molecule has 3 aromatic rings. The Morgan fingerprint density at radius 3 is 2.52 bits per heavy atom. The number of aromatic amines is 1. The van der Waals surface area contributed by atoms with Crippen molar-refractivity contribution in [3.63, 3.8) is 0 Å². The number of aromatic nitrogens is 1. The Bertz CT molecular complexity index is 812. The highest BCUT2D eigenvalue weighted by atomic mass is 32.2. The van der Waals surface area contributed by atoms with E-state index in [-0.39, 0.29) is 5.43 Å². The first kappa shape index (κ1) is 13.8. The van der Waals surface area contributed by atoms with Crippen molar-refractivity contribution in [3.05, 3.63) is 64.8 Å². The Labute approximate surface area is 127 Å². The second-order valence-electron chi connectivity index (χ2n) is 4.51. The Hall–Kier alpha value is -2.20. The maximum absolute atomic E-state index is 12.7. The van der Waals surface area contributed by atoms with Crippen LogP contribution in [0.1, 0.15) is 6.92 Å². The number of nitrogens with one attached hydrogen (secondary N) is 1. The van der Waals surface area contributed by atoms with E-state index in [1.54, 1.807) is 0 Å². The SMILES string of the molecule is CCOc1[nH]c2ccccc2c(=O)c1Sc1ccccc1. The largest absolute Gasteiger partial charge is 0.478 e. The lowest BCUT2D eigenvalue weighted by atomic mass is 10.2. The highest BCUT2D eigenvalue weighted by molar-refractivity contribution is 7.99. The molecule has 2 aromatic carbocycles. The van der Waals surface area contributed by atoms with Crippen molar-refractivity contribution in [1.29, 1.82) is 0 Å². The molecule has 0 fully saturated rings. The van der Waals surface area contributed by atoms with Crippen LogP contribution in [-0.2, 0) is 0 Å². The molecule has 0 radical (unpaired) electrons. The maximum Gasteiger partial charge on any atom is 0.209 e. The van der Waals surface area contributed by atoms with Gasteiger partial charge in [0.1, 0.15) is 4.90 Å². The zero-order valence-corrected chi connectivity index (χ0v) is 12.4. The van der Waals surface area contributed by atoms with Crippen LogP contribution in [0.15, 0.2) is 69.2 Å². The van der Waals surface area contributed by atoms with Gasteiger partial charge in [0.25, 0.3) is 0 Å². The Morgan fingerprint density at radius 1 is 1.05 bits per heavy atom. The van der Waals surface area contributed by atoms with E-state index in [2.05, 4.69) is 4.98 Å². The zero-order valence-electron chi connectivity index (χ0n) is 11.6. The van der Waals surface area contributed by atoms with Gasteiger partial charge in [-0.05, 0) is 31.2 Å². The zero-order chi connectivity index (χ0) is 14.7.